The van der Waals surface area contributed by atoms with E-state index in [-0.39, 0.29) is 12.5 Å². The zero-order chi connectivity index (χ0) is 25.3. The van der Waals surface area contributed by atoms with Crippen molar-refractivity contribution in [2.45, 2.75) is 53.0 Å². The van der Waals surface area contributed by atoms with Crippen molar-refractivity contribution in [1.29, 1.82) is 0 Å². The number of carbonyl (C=O) groups excluding carboxylic acids is 2. The minimum absolute atomic E-state index is 0.219. The highest BCUT2D eigenvalue weighted by Crippen LogP contribution is 2.27. The lowest BCUT2D eigenvalue weighted by Gasteiger charge is -2.33. The van der Waals surface area contributed by atoms with Crippen molar-refractivity contribution in [3.05, 3.63) is 65.2 Å². The minimum atomic E-state index is -3.74. The van der Waals surface area contributed by atoms with Crippen molar-refractivity contribution < 1.29 is 18.0 Å². The standard InChI is InChI=1S/C26H37N3O4S/c1-6-17-27-26(31)23(7-2)28(18-16-22-14-9-8-10-15-22)24(30)19-29(34(5,32)33)25-20(3)12-11-13-21(25)4/h8-15,23H,6-7,16-19H2,1-5H3,(H,27,31)/t23-/m1/s1. The predicted molar refractivity (Wildman–Crippen MR) is 137 cm³/mol. The van der Waals surface area contributed by atoms with E-state index in [9.17, 15) is 18.0 Å². The van der Waals surface area contributed by atoms with Gasteiger partial charge in [0.15, 0.2) is 0 Å². The fraction of sp³-hybridized carbons (Fsp3) is 0.462. The minimum Gasteiger partial charge on any atom is -0.354 e. The maximum atomic E-state index is 13.6. The molecular formula is C26H37N3O4S. The van der Waals surface area contributed by atoms with Crippen molar-refractivity contribution in [3.8, 4) is 0 Å². The SMILES string of the molecule is CCCNC(=O)[C@@H](CC)N(CCc1ccccc1)C(=O)CN(c1c(C)cccc1C)S(C)(=O)=O. The third-order valence-electron chi connectivity index (χ3n) is 5.79. The van der Waals surface area contributed by atoms with Crippen LogP contribution in [0.2, 0.25) is 0 Å². The molecular weight excluding hydrogens is 450 g/mol. The Morgan fingerprint density at radius 1 is 0.971 bits per heavy atom. The molecule has 2 amide bonds. The van der Waals surface area contributed by atoms with Gasteiger partial charge in [-0.2, -0.15) is 0 Å². The highest BCUT2D eigenvalue weighted by Gasteiger charge is 2.32. The van der Waals surface area contributed by atoms with E-state index in [4.69, 9.17) is 0 Å². The fourth-order valence-electron chi connectivity index (χ4n) is 4.04. The molecule has 7 nitrogen and oxygen atoms in total. The summed E-state index contributed by atoms with van der Waals surface area (Å²) < 4.78 is 26.7. The number of nitrogens with one attached hydrogen (secondary N) is 1. The second-order valence-corrected chi connectivity index (χ2v) is 10.5. The molecule has 2 aromatic rings. The van der Waals surface area contributed by atoms with Crippen LogP contribution in [0.15, 0.2) is 48.5 Å². The largest absolute Gasteiger partial charge is 0.354 e. The first-order valence-electron chi connectivity index (χ1n) is 11.7. The summed E-state index contributed by atoms with van der Waals surface area (Å²) in [6, 6.07) is 14.6. The van der Waals surface area contributed by atoms with Gasteiger partial charge in [-0.3, -0.25) is 13.9 Å². The van der Waals surface area contributed by atoms with E-state index in [1.54, 1.807) is 0 Å². The molecule has 186 valence electrons. The van der Waals surface area contributed by atoms with E-state index >= 15 is 0 Å². The van der Waals surface area contributed by atoms with Crippen LogP contribution in [0.4, 0.5) is 5.69 Å². The van der Waals surface area contributed by atoms with Crippen LogP contribution in [-0.2, 0) is 26.0 Å². The molecule has 0 aliphatic carbocycles. The lowest BCUT2D eigenvalue weighted by atomic mass is 10.1. The van der Waals surface area contributed by atoms with Crippen LogP contribution >= 0.6 is 0 Å². The van der Waals surface area contributed by atoms with Crippen LogP contribution in [0.1, 0.15) is 43.4 Å². The van der Waals surface area contributed by atoms with Gasteiger partial charge in [0.1, 0.15) is 12.6 Å². The Morgan fingerprint density at radius 2 is 1.59 bits per heavy atom. The van der Waals surface area contributed by atoms with Crippen LogP contribution in [0.25, 0.3) is 0 Å². The van der Waals surface area contributed by atoms with E-state index < -0.39 is 22.0 Å². The summed E-state index contributed by atoms with van der Waals surface area (Å²) in [5.74, 6) is -0.619. The van der Waals surface area contributed by atoms with Crippen molar-refractivity contribution in [2.75, 3.05) is 30.2 Å². The zero-order valence-electron chi connectivity index (χ0n) is 20.9. The van der Waals surface area contributed by atoms with Gasteiger partial charge in [0.05, 0.1) is 11.9 Å². The van der Waals surface area contributed by atoms with Crippen molar-refractivity contribution in [3.63, 3.8) is 0 Å². The monoisotopic (exact) mass is 487 g/mol. The molecule has 1 N–H and O–H groups in total. The summed E-state index contributed by atoms with van der Waals surface area (Å²) in [6.07, 6.45) is 2.88. The van der Waals surface area contributed by atoms with E-state index in [1.165, 1.54) is 4.90 Å². The van der Waals surface area contributed by atoms with Gasteiger partial charge < -0.3 is 10.2 Å². The number of aryl methyl sites for hydroxylation is 2. The average Bonchev–Trinajstić information content (AvgIpc) is 2.79. The molecule has 0 aromatic heterocycles. The fourth-order valence-corrected chi connectivity index (χ4v) is 5.00. The summed E-state index contributed by atoms with van der Waals surface area (Å²) in [5.41, 5.74) is 3.08. The van der Waals surface area contributed by atoms with Gasteiger partial charge in [-0.15, -0.1) is 0 Å². The molecule has 1 atom stereocenters. The molecule has 0 aliphatic rings. The number of para-hydroxylation sites is 1. The van der Waals surface area contributed by atoms with Crippen molar-refractivity contribution >= 4 is 27.5 Å². The topological polar surface area (TPSA) is 86.8 Å². The molecule has 8 heteroatoms. The average molecular weight is 488 g/mol. The summed E-state index contributed by atoms with van der Waals surface area (Å²) in [6.45, 7) is 7.94. The molecule has 2 rings (SSSR count). The van der Waals surface area contributed by atoms with Crippen LogP contribution in [0, 0.1) is 13.8 Å². The van der Waals surface area contributed by atoms with Crippen LogP contribution in [0.5, 0.6) is 0 Å². The maximum Gasteiger partial charge on any atom is 0.244 e. The Bertz CT molecular complexity index is 1050. The van der Waals surface area contributed by atoms with Gasteiger partial charge in [0.25, 0.3) is 0 Å². The Morgan fingerprint density at radius 3 is 2.12 bits per heavy atom. The number of benzene rings is 2. The van der Waals surface area contributed by atoms with Crippen molar-refractivity contribution in [2.24, 2.45) is 0 Å². The number of hydrogen-bond donors (Lipinski definition) is 1. The molecule has 0 unspecified atom stereocenters. The summed E-state index contributed by atoms with van der Waals surface area (Å²) in [5, 5.41) is 2.89. The molecule has 0 radical (unpaired) electrons. The van der Waals surface area contributed by atoms with Gasteiger partial charge >= 0.3 is 0 Å². The second-order valence-electron chi connectivity index (χ2n) is 8.55. The van der Waals surface area contributed by atoms with Gasteiger partial charge in [-0.25, -0.2) is 8.42 Å². The van der Waals surface area contributed by atoms with E-state index in [2.05, 4.69) is 5.32 Å². The lowest BCUT2D eigenvalue weighted by Crippen LogP contribution is -2.53. The molecule has 0 bridgehead atoms. The predicted octanol–water partition coefficient (Wildman–Crippen LogP) is 3.45. The first-order chi connectivity index (χ1) is 16.1. The molecule has 0 saturated carbocycles. The van der Waals surface area contributed by atoms with Gasteiger partial charge in [-0.05, 0) is 49.8 Å². The Balaban J connectivity index is 2.40. The maximum absolute atomic E-state index is 13.6. The third kappa shape index (κ3) is 7.32. The summed E-state index contributed by atoms with van der Waals surface area (Å²) in [7, 11) is -3.74. The van der Waals surface area contributed by atoms with E-state index in [1.807, 2.05) is 76.2 Å². The third-order valence-corrected chi connectivity index (χ3v) is 6.90. The van der Waals surface area contributed by atoms with Gasteiger partial charge in [-0.1, -0.05) is 62.4 Å². The number of sulfonamides is 1. The van der Waals surface area contributed by atoms with Gasteiger partial charge in [0.2, 0.25) is 21.8 Å². The van der Waals surface area contributed by atoms with Crippen LogP contribution in [-0.4, -0.2) is 57.1 Å². The van der Waals surface area contributed by atoms with Crippen LogP contribution in [0.3, 0.4) is 0 Å². The number of nitrogens with zero attached hydrogens (tertiary/aromatic N) is 2. The Labute approximate surface area is 204 Å². The highest BCUT2D eigenvalue weighted by atomic mass is 32.2. The number of carbonyl (C=O) groups is 2. The zero-order valence-corrected chi connectivity index (χ0v) is 21.7. The number of anilines is 1. The van der Waals surface area contributed by atoms with E-state index in [0.29, 0.717) is 31.6 Å². The smallest absolute Gasteiger partial charge is 0.244 e. The van der Waals surface area contributed by atoms with Gasteiger partial charge in [0, 0.05) is 13.1 Å². The molecule has 0 spiro atoms. The Kier molecular flexibility index (Phi) is 10.1. The number of rotatable bonds is 12. The first-order valence-corrected chi connectivity index (χ1v) is 13.6. The van der Waals surface area contributed by atoms with Crippen LogP contribution < -0.4 is 9.62 Å². The van der Waals surface area contributed by atoms with Crippen molar-refractivity contribution in [1.82, 2.24) is 10.2 Å². The summed E-state index contributed by atoms with van der Waals surface area (Å²) in [4.78, 5) is 28.1. The highest BCUT2D eigenvalue weighted by molar-refractivity contribution is 7.92. The normalized spacial score (nSPS) is 12.1. The quantitative estimate of drug-likeness (QED) is 0.497. The number of amides is 2. The molecule has 0 heterocycles. The van der Waals surface area contributed by atoms with E-state index in [0.717, 1.165) is 33.7 Å². The molecule has 0 fully saturated rings. The second kappa shape index (κ2) is 12.6. The lowest BCUT2D eigenvalue weighted by molar-refractivity contribution is -0.139. The molecule has 0 aliphatic heterocycles. The Hall–Kier alpha value is -2.87. The molecule has 0 saturated heterocycles. The first kappa shape index (κ1) is 27.4. The molecule has 34 heavy (non-hydrogen) atoms. The summed E-state index contributed by atoms with van der Waals surface area (Å²) >= 11 is 0. The number of hydrogen-bond acceptors (Lipinski definition) is 4. The molecule has 2 aromatic carbocycles.